The van der Waals surface area contributed by atoms with Gasteiger partial charge in [-0.05, 0) is 24.7 Å². The first kappa shape index (κ1) is 22.2. The molecule has 142 valence electrons. The molecular weight excluding hydrogens is 335 g/mol. The van der Waals surface area contributed by atoms with E-state index in [0.717, 1.165) is 12.8 Å². The summed E-state index contributed by atoms with van der Waals surface area (Å²) in [6.07, 6.45) is 4.17. The van der Waals surface area contributed by atoms with Gasteiger partial charge >= 0.3 is 7.12 Å². The Balaban J connectivity index is 2.13. The van der Waals surface area contributed by atoms with Gasteiger partial charge in [0.05, 0.1) is 0 Å². The van der Waals surface area contributed by atoms with E-state index >= 15 is 0 Å². The summed E-state index contributed by atoms with van der Waals surface area (Å²) < 4.78 is 5.10. The van der Waals surface area contributed by atoms with E-state index in [1.54, 1.807) is 12.1 Å². The molecule has 1 aromatic rings. The maximum absolute atomic E-state index is 12.0. The average molecular weight is 362 g/mol. The molecule has 0 aliphatic heterocycles. The minimum Gasteiger partial charge on any atom is -0.423 e. The molecule has 0 aromatic heterocycles. The first-order valence-electron chi connectivity index (χ1n) is 9.04. The molecule has 0 atom stereocenters. The van der Waals surface area contributed by atoms with Crippen molar-refractivity contribution in [3.8, 4) is 0 Å². The quantitative estimate of drug-likeness (QED) is 0.295. The predicted octanol–water partition coefficient (Wildman–Crippen LogP) is 1.45. The van der Waals surface area contributed by atoms with E-state index in [9.17, 15) is 14.4 Å². The summed E-state index contributed by atoms with van der Waals surface area (Å²) in [7, 11) is -1.54. The summed E-state index contributed by atoms with van der Waals surface area (Å²) in [5.41, 5.74) is 0.884. The third-order valence-corrected chi connectivity index (χ3v) is 3.95. The molecule has 1 rings (SSSR count). The lowest BCUT2D eigenvalue weighted by Gasteiger charge is -2.04. The Labute approximate surface area is 154 Å². The predicted molar refractivity (Wildman–Crippen MR) is 99.4 cm³/mol. The van der Waals surface area contributed by atoms with Gasteiger partial charge in [-0.2, -0.15) is 0 Å². The molecule has 6 nitrogen and oxygen atoms in total. The number of unbranched alkanes of at least 4 members (excludes halogenated alkanes) is 2. The van der Waals surface area contributed by atoms with Crippen LogP contribution in [0, 0.1) is 0 Å². The van der Waals surface area contributed by atoms with Crippen molar-refractivity contribution in [2.45, 2.75) is 51.9 Å². The summed E-state index contributed by atoms with van der Waals surface area (Å²) in [6.45, 7) is 1.89. The molecule has 0 saturated carbocycles. The number of carbonyl (C=O) groups excluding carboxylic acids is 3. The number of carbonyl (C=O) groups is 3. The molecule has 2 N–H and O–H groups in total. The number of Topliss-reactive ketones (excluding diaryl/α,β-unsaturated/α-hetero) is 3. The molecule has 7 heteroatoms. The number of hydrogen-bond donors (Lipinski definition) is 2. The van der Waals surface area contributed by atoms with Crippen molar-refractivity contribution in [1.29, 1.82) is 0 Å². The van der Waals surface area contributed by atoms with Crippen LogP contribution < -0.4 is 5.46 Å². The number of ketones is 3. The van der Waals surface area contributed by atoms with Crippen molar-refractivity contribution < 1.29 is 29.2 Å². The lowest BCUT2D eigenvalue weighted by molar-refractivity contribution is -0.128. The molecule has 1 aromatic carbocycles. The molecule has 0 spiro atoms. The summed E-state index contributed by atoms with van der Waals surface area (Å²) in [5, 5.41) is 18.0. The van der Waals surface area contributed by atoms with E-state index in [4.69, 9.17) is 14.8 Å². The van der Waals surface area contributed by atoms with E-state index in [1.807, 2.05) is 6.92 Å². The second-order valence-electron chi connectivity index (χ2n) is 6.30. The fraction of sp³-hybridized carbons (Fsp3) is 0.526. The van der Waals surface area contributed by atoms with Crippen LogP contribution in [0.25, 0.3) is 0 Å². The highest BCUT2D eigenvalue weighted by Gasteiger charge is 2.12. The third kappa shape index (κ3) is 9.03. The molecule has 0 aliphatic carbocycles. The van der Waals surface area contributed by atoms with Crippen molar-refractivity contribution in [2.75, 3.05) is 13.2 Å². The van der Waals surface area contributed by atoms with Crippen LogP contribution in [0.2, 0.25) is 0 Å². The largest absolute Gasteiger partial charge is 0.488 e. The Morgan fingerprint density at radius 3 is 2.04 bits per heavy atom. The van der Waals surface area contributed by atoms with Gasteiger partial charge in [-0.25, -0.2) is 0 Å². The number of ether oxygens (including phenoxy) is 1. The van der Waals surface area contributed by atoms with Crippen LogP contribution in [-0.2, 0) is 14.3 Å². The topological polar surface area (TPSA) is 101 Å². The Morgan fingerprint density at radius 2 is 1.46 bits per heavy atom. The minimum absolute atomic E-state index is 0.000179. The average Bonchev–Trinajstić information content (AvgIpc) is 2.61. The van der Waals surface area contributed by atoms with Crippen LogP contribution in [0.4, 0.5) is 0 Å². The van der Waals surface area contributed by atoms with Crippen molar-refractivity contribution in [3.05, 3.63) is 29.8 Å². The van der Waals surface area contributed by atoms with Gasteiger partial charge in [-0.3, -0.25) is 14.4 Å². The molecule has 0 unspecified atom stereocenters. The molecule has 0 aliphatic rings. The van der Waals surface area contributed by atoms with E-state index in [1.165, 1.54) is 12.1 Å². The molecule has 26 heavy (non-hydrogen) atoms. The maximum atomic E-state index is 12.0. The van der Waals surface area contributed by atoms with E-state index in [2.05, 4.69) is 0 Å². The van der Waals surface area contributed by atoms with E-state index in [-0.39, 0.29) is 30.6 Å². The van der Waals surface area contributed by atoms with Crippen molar-refractivity contribution >= 4 is 29.9 Å². The van der Waals surface area contributed by atoms with Gasteiger partial charge in [0, 0.05) is 24.8 Å². The zero-order valence-corrected chi connectivity index (χ0v) is 15.3. The minimum atomic E-state index is -1.54. The summed E-state index contributed by atoms with van der Waals surface area (Å²) in [6, 6.07) is 6.19. The smallest absolute Gasteiger partial charge is 0.423 e. The molecule has 0 heterocycles. The van der Waals surface area contributed by atoms with Crippen molar-refractivity contribution in [3.63, 3.8) is 0 Å². The first-order valence-corrected chi connectivity index (χ1v) is 9.04. The highest BCUT2D eigenvalue weighted by Crippen LogP contribution is 2.09. The molecule has 0 fully saturated rings. The lowest BCUT2D eigenvalue weighted by Crippen LogP contribution is -2.29. The second kappa shape index (κ2) is 12.5. The van der Waals surface area contributed by atoms with E-state index in [0.29, 0.717) is 43.1 Å². The Kier molecular flexibility index (Phi) is 10.7. The van der Waals surface area contributed by atoms with Gasteiger partial charge in [0.1, 0.15) is 13.2 Å². The Morgan fingerprint density at radius 1 is 0.885 bits per heavy atom. The van der Waals surface area contributed by atoms with Gasteiger partial charge in [-0.15, -0.1) is 0 Å². The normalized spacial score (nSPS) is 10.6. The molecule has 0 amide bonds. The van der Waals surface area contributed by atoms with Gasteiger partial charge in [0.2, 0.25) is 0 Å². The van der Waals surface area contributed by atoms with Crippen molar-refractivity contribution in [2.24, 2.45) is 0 Å². The molecular formula is C19H27BO6. The van der Waals surface area contributed by atoms with Crippen molar-refractivity contribution in [1.82, 2.24) is 0 Å². The zero-order chi connectivity index (χ0) is 19.4. The van der Waals surface area contributed by atoms with Crippen LogP contribution >= 0.6 is 0 Å². The zero-order valence-electron chi connectivity index (χ0n) is 15.3. The van der Waals surface area contributed by atoms with Crippen LogP contribution in [0.1, 0.15) is 62.2 Å². The van der Waals surface area contributed by atoms with E-state index < -0.39 is 7.12 Å². The Hall–Kier alpha value is -1.83. The van der Waals surface area contributed by atoms with Gasteiger partial charge in [-0.1, -0.05) is 37.6 Å². The van der Waals surface area contributed by atoms with Crippen LogP contribution in [0.3, 0.4) is 0 Å². The molecule has 0 saturated heterocycles. The van der Waals surface area contributed by atoms with Crippen LogP contribution in [0.15, 0.2) is 24.3 Å². The Bertz CT molecular complexity index is 582. The fourth-order valence-corrected chi connectivity index (χ4v) is 2.47. The van der Waals surface area contributed by atoms with Gasteiger partial charge in [0.25, 0.3) is 0 Å². The monoisotopic (exact) mass is 362 g/mol. The highest BCUT2D eigenvalue weighted by molar-refractivity contribution is 6.58. The summed E-state index contributed by atoms with van der Waals surface area (Å²) in [4.78, 5) is 34.9. The maximum Gasteiger partial charge on any atom is 0.488 e. The third-order valence-electron chi connectivity index (χ3n) is 3.95. The van der Waals surface area contributed by atoms with Gasteiger partial charge in [0.15, 0.2) is 17.3 Å². The fourth-order valence-electron chi connectivity index (χ4n) is 2.47. The lowest BCUT2D eigenvalue weighted by atomic mass is 9.80. The number of rotatable bonds is 14. The number of hydrogen-bond acceptors (Lipinski definition) is 6. The summed E-state index contributed by atoms with van der Waals surface area (Å²) in [5.74, 6) is -0.0211. The van der Waals surface area contributed by atoms with Gasteiger partial charge < -0.3 is 14.8 Å². The molecule has 0 radical (unpaired) electrons. The molecule has 0 bridgehead atoms. The van der Waals surface area contributed by atoms with Crippen LogP contribution in [-0.4, -0.2) is 47.7 Å². The standard InChI is InChI=1S/C19H27BO6/c1-2-6-17(21)13-26-14-18(22)7-4-3-5-8-19(23)15-9-11-16(12-10-15)20(24)25/h9-12,24-25H,2-8,13-14H2,1H3. The number of benzene rings is 1. The van der Waals surface area contributed by atoms with Crippen LogP contribution in [0.5, 0.6) is 0 Å². The SMILES string of the molecule is CCCC(=O)COCC(=O)CCCCCC(=O)c1ccc(B(O)O)cc1. The first-order chi connectivity index (χ1) is 12.4. The highest BCUT2D eigenvalue weighted by atomic mass is 16.5. The summed E-state index contributed by atoms with van der Waals surface area (Å²) >= 11 is 0. The second-order valence-corrected chi connectivity index (χ2v) is 6.30.